The molecular formula is C17H27NO2. The molecular weight excluding hydrogens is 250 g/mol. The first-order valence-corrected chi connectivity index (χ1v) is 7.72. The molecule has 112 valence electrons. The average Bonchev–Trinajstić information content (AvgIpc) is 2.93. The highest BCUT2D eigenvalue weighted by Gasteiger charge is 2.14. The van der Waals surface area contributed by atoms with Crippen molar-refractivity contribution in [2.45, 2.75) is 45.8 Å². The quantitative estimate of drug-likeness (QED) is 0.741. The predicted molar refractivity (Wildman–Crippen MR) is 82.0 cm³/mol. The Balaban J connectivity index is 1.50. The van der Waals surface area contributed by atoms with Gasteiger partial charge in [-0.2, -0.15) is 0 Å². The summed E-state index contributed by atoms with van der Waals surface area (Å²) in [6.07, 6.45) is 3.74. The van der Waals surface area contributed by atoms with Gasteiger partial charge in [-0.3, -0.25) is 0 Å². The highest BCUT2D eigenvalue weighted by molar-refractivity contribution is 5.30. The number of hydrogen-bond acceptors (Lipinski definition) is 3. The zero-order chi connectivity index (χ0) is 14.2. The molecule has 1 unspecified atom stereocenters. The molecule has 0 bridgehead atoms. The lowest BCUT2D eigenvalue weighted by molar-refractivity contribution is 0.0166. The molecule has 1 saturated heterocycles. The van der Waals surface area contributed by atoms with Crippen molar-refractivity contribution in [1.82, 2.24) is 5.32 Å². The highest BCUT2D eigenvalue weighted by atomic mass is 16.5. The second-order valence-corrected chi connectivity index (χ2v) is 5.67. The molecule has 0 saturated carbocycles. The largest absolute Gasteiger partial charge is 0.379 e. The van der Waals surface area contributed by atoms with Gasteiger partial charge in [-0.1, -0.05) is 23.8 Å². The second kappa shape index (κ2) is 8.40. The second-order valence-electron chi connectivity index (χ2n) is 5.67. The van der Waals surface area contributed by atoms with Crippen molar-refractivity contribution in [3.63, 3.8) is 0 Å². The van der Waals surface area contributed by atoms with E-state index in [0.29, 0.717) is 6.10 Å². The van der Waals surface area contributed by atoms with Gasteiger partial charge in [0.2, 0.25) is 0 Å². The van der Waals surface area contributed by atoms with E-state index < -0.39 is 0 Å². The SMILES string of the molecule is Cc1ccc(CNCCCOCC2CCCO2)c(C)c1. The fourth-order valence-electron chi connectivity index (χ4n) is 2.56. The summed E-state index contributed by atoms with van der Waals surface area (Å²) < 4.78 is 11.2. The molecule has 1 aliphatic heterocycles. The molecule has 3 heteroatoms. The van der Waals surface area contributed by atoms with Gasteiger partial charge in [0.25, 0.3) is 0 Å². The van der Waals surface area contributed by atoms with Gasteiger partial charge in [-0.15, -0.1) is 0 Å². The fraction of sp³-hybridized carbons (Fsp3) is 0.647. The lowest BCUT2D eigenvalue weighted by atomic mass is 10.1. The Morgan fingerprint density at radius 1 is 1.35 bits per heavy atom. The van der Waals surface area contributed by atoms with Crippen LogP contribution in [0.1, 0.15) is 36.0 Å². The minimum atomic E-state index is 0.346. The molecule has 1 atom stereocenters. The van der Waals surface area contributed by atoms with E-state index in [2.05, 4.69) is 37.4 Å². The third-order valence-electron chi connectivity index (χ3n) is 3.78. The molecule has 3 nitrogen and oxygen atoms in total. The van der Waals surface area contributed by atoms with Crippen molar-refractivity contribution in [3.05, 3.63) is 34.9 Å². The summed E-state index contributed by atoms with van der Waals surface area (Å²) in [5, 5.41) is 3.48. The Morgan fingerprint density at radius 2 is 2.25 bits per heavy atom. The third kappa shape index (κ3) is 5.23. The zero-order valence-corrected chi connectivity index (χ0v) is 12.8. The zero-order valence-electron chi connectivity index (χ0n) is 12.8. The van der Waals surface area contributed by atoms with Crippen LogP contribution in [0.2, 0.25) is 0 Å². The summed E-state index contributed by atoms with van der Waals surface area (Å²) in [6.45, 7) is 8.74. The van der Waals surface area contributed by atoms with E-state index in [-0.39, 0.29) is 0 Å². The van der Waals surface area contributed by atoms with Crippen molar-refractivity contribution in [1.29, 1.82) is 0 Å². The molecule has 1 aliphatic rings. The van der Waals surface area contributed by atoms with E-state index >= 15 is 0 Å². The van der Waals surface area contributed by atoms with Crippen molar-refractivity contribution >= 4 is 0 Å². The smallest absolute Gasteiger partial charge is 0.0809 e. The number of benzene rings is 1. The molecule has 0 spiro atoms. The molecule has 2 rings (SSSR count). The van der Waals surface area contributed by atoms with Crippen LogP contribution in [-0.2, 0) is 16.0 Å². The Hall–Kier alpha value is -0.900. The average molecular weight is 277 g/mol. The van der Waals surface area contributed by atoms with Crippen molar-refractivity contribution in [3.8, 4) is 0 Å². The van der Waals surface area contributed by atoms with Crippen LogP contribution >= 0.6 is 0 Å². The first-order valence-electron chi connectivity index (χ1n) is 7.72. The predicted octanol–water partition coefficient (Wildman–Crippen LogP) is 2.98. The molecule has 1 aromatic rings. The maximum Gasteiger partial charge on any atom is 0.0809 e. The first-order chi connectivity index (χ1) is 9.75. The summed E-state index contributed by atoms with van der Waals surface area (Å²) in [6, 6.07) is 6.63. The minimum Gasteiger partial charge on any atom is -0.379 e. The van der Waals surface area contributed by atoms with E-state index in [1.54, 1.807) is 0 Å². The van der Waals surface area contributed by atoms with E-state index in [1.807, 2.05) is 0 Å². The Morgan fingerprint density at radius 3 is 3.00 bits per heavy atom. The molecule has 0 amide bonds. The fourth-order valence-corrected chi connectivity index (χ4v) is 2.56. The standard InChI is InChI=1S/C17H27NO2/c1-14-6-7-16(15(2)11-14)12-18-8-4-9-19-13-17-5-3-10-20-17/h6-7,11,17-18H,3-5,8-10,12-13H2,1-2H3. The van der Waals surface area contributed by atoms with Crippen LogP contribution in [0.3, 0.4) is 0 Å². The van der Waals surface area contributed by atoms with Gasteiger partial charge in [0.1, 0.15) is 0 Å². The van der Waals surface area contributed by atoms with E-state index in [4.69, 9.17) is 9.47 Å². The molecule has 1 heterocycles. The highest BCUT2D eigenvalue weighted by Crippen LogP contribution is 2.12. The molecule has 20 heavy (non-hydrogen) atoms. The summed E-state index contributed by atoms with van der Waals surface area (Å²) in [7, 11) is 0. The number of aryl methyl sites for hydroxylation is 2. The molecule has 1 N–H and O–H groups in total. The summed E-state index contributed by atoms with van der Waals surface area (Å²) in [5.74, 6) is 0. The minimum absolute atomic E-state index is 0.346. The number of hydrogen-bond donors (Lipinski definition) is 1. The molecule has 0 radical (unpaired) electrons. The summed E-state index contributed by atoms with van der Waals surface area (Å²) in [4.78, 5) is 0. The Kier molecular flexibility index (Phi) is 6.51. The van der Waals surface area contributed by atoms with Gasteiger partial charge in [-0.05, 0) is 50.8 Å². The normalized spacial score (nSPS) is 18.6. The van der Waals surface area contributed by atoms with Crippen LogP contribution < -0.4 is 5.32 Å². The maximum atomic E-state index is 5.64. The number of ether oxygens (including phenoxy) is 2. The van der Waals surface area contributed by atoms with Crippen LogP contribution in [0.4, 0.5) is 0 Å². The topological polar surface area (TPSA) is 30.5 Å². The van der Waals surface area contributed by atoms with Crippen LogP contribution in [0.25, 0.3) is 0 Å². The van der Waals surface area contributed by atoms with Gasteiger partial charge < -0.3 is 14.8 Å². The van der Waals surface area contributed by atoms with E-state index in [0.717, 1.165) is 45.8 Å². The number of nitrogens with one attached hydrogen (secondary N) is 1. The lowest BCUT2D eigenvalue weighted by Crippen LogP contribution is -2.19. The van der Waals surface area contributed by atoms with Crippen LogP contribution in [0.15, 0.2) is 18.2 Å². The maximum absolute atomic E-state index is 5.64. The monoisotopic (exact) mass is 277 g/mol. The van der Waals surface area contributed by atoms with Crippen LogP contribution in [0, 0.1) is 13.8 Å². The van der Waals surface area contributed by atoms with Crippen molar-refractivity contribution in [2.24, 2.45) is 0 Å². The Labute approximate surface area is 122 Å². The van der Waals surface area contributed by atoms with Gasteiger partial charge >= 0.3 is 0 Å². The van der Waals surface area contributed by atoms with Crippen LogP contribution in [-0.4, -0.2) is 32.5 Å². The van der Waals surface area contributed by atoms with E-state index in [9.17, 15) is 0 Å². The van der Waals surface area contributed by atoms with Gasteiger partial charge in [0.05, 0.1) is 12.7 Å². The summed E-state index contributed by atoms with van der Waals surface area (Å²) in [5.41, 5.74) is 4.08. The molecule has 1 aromatic carbocycles. The third-order valence-corrected chi connectivity index (χ3v) is 3.78. The van der Waals surface area contributed by atoms with Gasteiger partial charge in [-0.25, -0.2) is 0 Å². The van der Waals surface area contributed by atoms with Crippen LogP contribution in [0.5, 0.6) is 0 Å². The molecule has 0 aliphatic carbocycles. The molecule has 0 aromatic heterocycles. The van der Waals surface area contributed by atoms with E-state index in [1.165, 1.54) is 23.1 Å². The van der Waals surface area contributed by atoms with Crippen molar-refractivity contribution < 1.29 is 9.47 Å². The summed E-state index contributed by atoms with van der Waals surface area (Å²) >= 11 is 0. The van der Waals surface area contributed by atoms with Crippen molar-refractivity contribution in [2.75, 3.05) is 26.4 Å². The van der Waals surface area contributed by atoms with Gasteiger partial charge in [0.15, 0.2) is 0 Å². The Bertz CT molecular complexity index is 400. The van der Waals surface area contributed by atoms with Gasteiger partial charge in [0, 0.05) is 19.8 Å². The lowest BCUT2D eigenvalue weighted by Gasteiger charge is -2.11. The first kappa shape index (κ1) is 15.5. The number of rotatable bonds is 8. The molecule has 1 fully saturated rings.